The third-order valence-electron chi connectivity index (χ3n) is 2.89. The van der Waals surface area contributed by atoms with Gasteiger partial charge in [0.15, 0.2) is 0 Å². The van der Waals surface area contributed by atoms with Crippen molar-refractivity contribution in [2.24, 2.45) is 0 Å². The van der Waals surface area contributed by atoms with Crippen LogP contribution in [-0.4, -0.2) is 36.5 Å². The number of hydrogen-bond donors (Lipinski definition) is 1. The molecule has 3 nitrogen and oxygen atoms in total. The van der Waals surface area contributed by atoms with Crippen molar-refractivity contribution in [3.8, 4) is 0 Å². The van der Waals surface area contributed by atoms with Gasteiger partial charge in [0.05, 0.1) is 5.54 Å². The van der Waals surface area contributed by atoms with E-state index in [2.05, 4.69) is 36.0 Å². The van der Waals surface area contributed by atoms with Crippen molar-refractivity contribution in [1.29, 1.82) is 0 Å². The van der Waals surface area contributed by atoms with Gasteiger partial charge in [0.1, 0.15) is 0 Å². The monoisotopic (exact) mass is 234 g/mol. The first-order chi connectivity index (χ1) is 7.97. The largest absolute Gasteiger partial charge is 0.340 e. The van der Waals surface area contributed by atoms with Crippen molar-refractivity contribution in [3.05, 3.63) is 36.5 Å². The van der Waals surface area contributed by atoms with Gasteiger partial charge in [0, 0.05) is 18.7 Å². The lowest BCUT2D eigenvalue weighted by Gasteiger charge is -2.27. The molecule has 1 aliphatic heterocycles. The molecular formula is C14H22N2O. The molecule has 0 radical (unpaired) electrons. The minimum Gasteiger partial charge on any atom is -0.340 e. The number of rotatable bonds is 3. The van der Waals surface area contributed by atoms with E-state index in [0.717, 1.165) is 13.1 Å². The van der Waals surface area contributed by atoms with Gasteiger partial charge in [-0.25, -0.2) is 0 Å². The van der Waals surface area contributed by atoms with Crippen LogP contribution in [0.3, 0.4) is 0 Å². The maximum Gasteiger partial charge on any atom is 0.247 e. The van der Waals surface area contributed by atoms with Crippen LogP contribution in [0.15, 0.2) is 36.5 Å². The van der Waals surface area contributed by atoms with Crippen LogP contribution in [0.2, 0.25) is 0 Å². The van der Waals surface area contributed by atoms with Crippen LogP contribution in [0.1, 0.15) is 20.3 Å². The van der Waals surface area contributed by atoms with Crippen molar-refractivity contribution in [2.45, 2.75) is 25.8 Å². The molecule has 1 unspecified atom stereocenters. The van der Waals surface area contributed by atoms with Gasteiger partial charge in [-0.3, -0.25) is 9.69 Å². The van der Waals surface area contributed by atoms with Crippen molar-refractivity contribution in [1.82, 2.24) is 10.2 Å². The summed E-state index contributed by atoms with van der Waals surface area (Å²) < 4.78 is 0. The second-order valence-corrected chi connectivity index (χ2v) is 4.72. The standard InChI is InChI=1S/C14H22N2O/c1-5-12(2)13(17)15-14(3)8-6-10-16(4)11-7-9-14/h6-9H,2,5,10-11H2,1,3-4H3,(H,15,17)/b8-6-,9-7?. The zero-order valence-corrected chi connectivity index (χ0v) is 11.0. The minimum atomic E-state index is -0.406. The SMILES string of the molecule is C=C(CC)C(=O)NC1(C)C=CCN(C)C/C=C\1. The van der Waals surface area contributed by atoms with Gasteiger partial charge in [-0.1, -0.05) is 37.8 Å². The number of nitrogens with zero attached hydrogens (tertiary/aromatic N) is 1. The van der Waals surface area contributed by atoms with E-state index in [1.165, 1.54) is 0 Å². The van der Waals surface area contributed by atoms with E-state index in [1.807, 2.05) is 26.0 Å². The topological polar surface area (TPSA) is 32.3 Å². The number of nitrogens with one attached hydrogen (secondary N) is 1. The van der Waals surface area contributed by atoms with E-state index in [0.29, 0.717) is 12.0 Å². The molecule has 0 saturated carbocycles. The van der Waals surface area contributed by atoms with E-state index in [4.69, 9.17) is 0 Å². The molecule has 17 heavy (non-hydrogen) atoms. The van der Waals surface area contributed by atoms with Gasteiger partial charge >= 0.3 is 0 Å². The van der Waals surface area contributed by atoms with Gasteiger partial charge in [-0.2, -0.15) is 0 Å². The van der Waals surface area contributed by atoms with Crippen LogP contribution in [0.25, 0.3) is 0 Å². The summed E-state index contributed by atoms with van der Waals surface area (Å²) in [5.41, 5.74) is 0.211. The van der Waals surface area contributed by atoms with E-state index in [9.17, 15) is 4.79 Å². The number of hydrogen-bond acceptors (Lipinski definition) is 2. The third kappa shape index (κ3) is 4.19. The van der Waals surface area contributed by atoms with Gasteiger partial charge in [0.25, 0.3) is 0 Å². The van der Waals surface area contributed by atoms with Crippen LogP contribution in [-0.2, 0) is 4.79 Å². The highest BCUT2D eigenvalue weighted by Gasteiger charge is 2.21. The van der Waals surface area contributed by atoms with E-state index in [1.54, 1.807) is 0 Å². The molecule has 1 aliphatic rings. The summed E-state index contributed by atoms with van der Waals surface area (Å²) in [6, 6.07) is 0. The first-order valence-electron chi connectivity index (χ1n) is 6.01. The van der Waals surface area contributed by atoms with Gasteiger partial charge in [0.2, 0.25) is 5.91 Å². The molecule has 1 amide bonds. The Morgan fingerprint density at radius 1 is 1.41 bits per heavy atom. The summed E-state index contributed by atoms with van der Waals surface area (Å²) in [5.74, 6) is -0.0711. The average Bonchev–Trinajstić information content (AvgIpc) is 2.25. The lowest BCUT2D eigenvalue weighted by molar-refractivity contribution is -0.118. The zero-order valence-electron chi connectivity index (χ0n) is 11.0. The molecule has 1 atom stereocenters. The first-order valence-corrected chi connectivity index (χ1v) is 6.01. The molecule has 0 aromatic rings. The highest BCUT2D eigenvalue weighted by molar-refractivity contribution is 5.93. The fourth-order valence-electron chi connectivity index (χ4n) is 1.66. The summed E-state index contributed by atoms with van der Waals surface area (Å²) in [4.78, 5) is 14.0. The Balaban J connectivity index is 2.73. The number of amides is 1. The summed E-state index contributed by atoms with van der Waals surface area (Å²) in [6.07, 6.45) is 8.90. The third-order valence-corrected chi connectivity index (χ3v) is 2.89. The molecule has 1 N–H and O–H groups in total. The number of carbonyl (C=O) groups is 1. The molecule has 1 heterocycles. The molecule has 3 heteroatoms. The molecule has 1 rings (SSSR count). The summed E-state index contributed by atoms with van der Waals surface area (Å²) in [5, 5.41) is 3.00. The minimum absolute atomic E-state index is 0.0711. The van der Waals surface area contributed by atoms with Crippen molar-refractivity contribution in [3.63, 3.8) is 0 Å². The molecule has 0 aliphatic carbocycles. The Morgan fingerprint density at radius 3 is 2.41 bits per heavy atom. The average molecular weight is 234 g/mol. The fraction of sp³-hybridized carbons (Fsp3) is 0.500. The van der Waals surface area contributed by atoms with Crippen molar-refractivity contribution >= 4 is 5.91 Å². The summed E-state index contributed by atoms with van der Waals surface area (Å²) in [6.45, 7) is 9.47. The van der Waals surface area contributed by atoms with E-state index in [-0.39, 0.29) is 5.91 Å². The highest BCUT2D eigenvalue weighted by Crippen LogP contribution is 2.12. The first kappa shape index (κ1) is 13.7. The maximum absolute atomic E-state index is 11.8. The van der Waals surface area contributed by atoms with Crippen LogP contribution < -0.4 is 5.32 Å². The van der Waals surface area contributed by atoms with Gasteiger partial charge in [-0.15, -0.1) is 0 Å². The Labute approximate surface area is 104 Å². The van der Waals surface area contributed by atoms with Crippen LogP contribution in [0.5, 0.6) is 0 Å². The smallest absolute Gasteiger partial charge is 0.247 e. The van der Waals surface area contributed by atoms with Crippen LogP contribution in [0.4, 0.5) is 0 Å². The molecule has 0 fully saturated rings. The quantitative estimate of drug-likeness (QED) is 0.597. The maximum atomic E-state index is 11.8. The van der Waals surface area contributed by atoms with Crippen LogP contribution >= 0.6 is 0 Å². The van der Waals surface area contributed by atoms with Crippen LogP contribution in [0, 0.1) is 0 Å². The molecular weight excluding hydrogens is 212 g/mol. The molecule has 0 saturated heterocycles. The molecule has 0 bridgehead atoms. The molecule has 0 aromatic heterocycles. The lowest BCUT2D eigenvalue weighted by Crippen LogP contribution is -2.44. The Morgan fingerprint density at radius 2 is 1.94 bits per heavy atom. The predicted octanol–water partition coefficient (Wildman–Crippen LogP) is 1.89. The Kier molecular flexibility index (Phi) is 4.70. The van der Waals surface area contributed by atoms with Crippen molar-refractivity contribution in [2.75, 3.05) is 20.1 Å². The second-order valence-electron chi connectivity index (χ2n) is 4.72. The Bertz CT molecular complexity index is 339. The Hall–Kier alpha value is -1.35. The zero-order chi connectivity index (χ0) is 12.9. The highest BCUT2D eigenvalue weighted by atomic mass is 16.1. The number of carbonyl (C=O) groups excluding carboxylic acids is 1. The fourth-order valence-corrected chi connectivity index (χ4v) is 1.66. The van der Waals surface area contributed by atoms with Crippen molar-refractivity contribution < 1.29 is 4.79 Å². The summed E-state index contributed by atoms with van der Waals surface area (Å²) in [7, 11) is 2.06. The lowest BCUT2D eigenvalue weighted by atomic mass is 9.99. The normalized spacial score (nSPS) is 27.0. The van der Waals surface area contributed by atoms with Gasteiger partial charge in [-0.05, 0) is 20.4 Å². The molecule has 0 aromatic carbocycles. The predicted molar refractivity (Wildman–Crippen MR) is 71.8 cm³/mol. The van der Waals surface area contributed by atoms with E-state index >= 15 is 0 Å². The second kappa shape index (κ2) is 5.82. The summed E-state index contributed by atoms with van der Waals surface area (Å²) >= 11 is 0. The van der Waals surface area contributed by atoms with E-state index < -0.39 is 5.54 Å². The molecule has 0 spiro atoms. The number of likely N-dealkylation sites (N-methyl/N-ethyl adjacent to an activating group) is 1. The molecule has 94 valence electrons. The van der Waals surface area contributed by atoms with Gasteiger partial charge < -0.3 is 5.32 Å².